The molecule has 6 nitrogen and oxygen atoms in total. The lowest BCUT2D eigenvalue weighted by Crippen LogP contribution is -2.42. The molecule has 0 unspecified atom stereocenters. The van der Waals surface area contributed by atoms with Crippen LogP contribution in [-0.4, -0.2) is 33.1 Å². The van der Waals surface area contributed by atoms with E-state index < -0.39 is 0 Å². The molecule has 26 heavy (non-hydrogen) atoms. The fraction of sp³-hybridized carbons (Fsp3) is 0.300. The summed E-state index contributed by atoms with van der Waals surface area (Å²) in [5, 5.41) is 0. The number of carbonyl (C=O) groups excluding carboxylic acids is 2. The maximum Gasteiger partial charge on any atom is 0.234 e. The molecule has 1 aliphatic heterocycles. The van der Waals surface area contributed by atoms with Crippen LogP contribution in [0.3, 0.4) is 0 Å². The Kier molecular flexibility index (Phi) is 5.11. The second-order valence-corrected chi connectivity index (χ2v) is 6.04. The second kappa shape index (κ2) is 7.47. The van der Waals surface area contributed by atoms with Gasteiger partial charge >= 0.3 is 0 Å². The van der Waals surface area contributed by atoms with E-state index in [1.54, 1.807) is 51.7 Å². The summed E-state index contributed by atoms with van der Waals surface area (Å²) in [5.74, 6) is 1.27. The Labute approximate surface area is 152 Å². The Balaban J connectivity index is 1.82. The number of piperidine rings is 1. The topological polar surface area (TPSA) is 65.1 Å². The highest BCUT2D eigenvalue weighted by molar-refractivity contribution is 6.17. The van der Waals surface area contributed by atoms with E-state index in [2.05, 4.69) is 0 Å². The zero-order valence-corrected chi connectivity index (χ0v) is 15.0. The van der Waals surface area contributed by atoms with Gasteiger partial charge in [0.25, 0.3) is 0 Å². The maximum atomic E-state index is 12.6. The van der Waals surface area contributed by atoms with E-state index in [-0.39, 0.29) is 30.6 Å². The van der Waals surface area contributed by atoms with Gasteiger partial charge in [-0.25, -0.2) is 0 Å². The number of rotatable bonds is 5. The first-order valence-electron chi connectivity index (χ1n) is 8.29. The van der Waals surface area contributed by atoms with Crippen LogP contribution in [0.4, 0.5) is 5.69 Å². The van der Waals surface area contributed by atoms with Crippen molar-refractivity contribution >= 4 is 17.5 Å². The molecule has 0 spiro atoms. The van der Waals surface area contributed by atoms with E-state index in [4.69, 9.17) is 14.2 Å². The fourth-order valence-electron chi connectivity index (χ4n) is 3.18. The summed E-state index contributed by atoms with van der Waals surface area (Å²) in [6.45, 7) is 0. The van der Waals surface area contributed by atoms with Crippen LogP contribution in [-0.2, 0) is 9.59 Å². The van der Waals surface area contributed by atoms with Crippen molar-refractivity contribution in [2.45, 2.75) is 18.8 Å². The summed E-state index contributed by atoms with van der Waals surface area (Å²) in [4.78, 5) is 26.5. The minimum absolute atomic E-state index is 0.177. The maximum absolute atomic E-state index is 12.6. The molecule has 0 saturated carbocycles. The summed E-state index contributed by atoms with van der Waals surface area (Å²) in [6.07, 6.45) is 0.514. The molecule has 0 radical (unpaired) electrons. The lowest BCUT2D eigenvalue weighted by atomic mass is 9.88. The van der Waals surface area contributed by atoms with E-state index in [1.807, 2.05) is 12.1 Å². The van der Waals surface area contributed by atoms with Gasteiger partial charge < -0.3 is 14.2 Å². The zero-order valence-electron chi connectivity index (χ0n) is 15.0. The van der Waals surface area contributed by atoms with Gasteiger partial charge in [-0.3, -0.25) is 14.5 Å². The number of anilines is 1. The van der Waals surface area contributed by atoms with Crippen LogP contribution in [0.2, 0.25) is 0 Å². The molecule has 1 heterocycles. The van der Waals surface area contributed by atoms with Crippen molar-refractivity contribution in [1.29, 1.82) is 0 Å². The van der Waals surface area contributed by atoms with Crippen molar-refractivity contribution in [3.8, 4) is 17.2 Å². The van der Waals surface area contributed by atoms with Gasteiger partial charge in [0.05, 0.1) is 27.0 Å². The molecule has 2 aromatic rings. The van der Waals surface area contributed by atoms with Gasteiger partial charge in [-0.2, -0.15) is 0 Å². The van der Waals surface area contributed by atoms with Gasteiger partial charge in [0.15, 0.2) is 11.5 Å². The van der Waals surface area contributed by atoms with Gasteiger partial charge in [-0.15, -0.1) is 0 Å². The van der Waals surface area contributed by atoms with E-state index in [1.165, 1.54) is 4.90 Å². The molecule has 1 fully saturated rings. The van der Waals surface area contributed by atoms with Crippen LogP contribution < -0.4 is 19.1 Å². The summed E-state index contributed by atoms with van der Waals surface area (Å²) < 4.78 is 15.7. The fourth-order valence-corrected chi connectivity index (χ4v) is 3.18. The minimum Gasteiger partial charge on any atom is -0.497 e. The first kappa shape index (κ1) is 17.8. The number of hydrogen-bond donors (Lipinski definition) is 0. The van der Waals surface area contributed by atoms with Gasteiger partial charge in [0.1, 0.15) is 5.75 Å². The van der Waals surface area contributed by atoms with Crippen LogP contribution in [0.5, 0.6) is 17.2 Å². The Morgan fingerprint density at radius 3 is 1.96 bits per heavy atom. The molecule has 0 aliphatic carbocycles. The van der Waals surface area contributed by atoms with Crippen LogP contribution in [0.1, 0.15) is 24.3 Å². The second-order valence-electron chi connectivity index (χ2n) is 6.04. The monoisotopic (exact) mass is 355 g/mol. The Morgan fingerprint density at radius 1 is 0.808 bits per heavy atom. The van der Waals surface area contributed by atoms with Gasteiger partial charge in [0, 0.05) is 18.8 Å². The van der Waals surface area contributed by atoms with Crippen LogP contribution in [0.25, 0.3) is 0 Å². The van der Waals surface area contributed by atoms with Crippen molar-refractivity contribution in [2.24, 2.45) is 0 Å². The number of benzene rings is 2. The summed E-state index contributed by atoms with van der Waals surface area (Å²) in [5.41, 5.74) is 1.45. The average Bonchev–Trinajstić information content (AvgIpc) is 2.67. The molecule has 0 N–H and O–H groups in total. The first-order chi connectivity index (χ1) is 12.6. The lowest BCUT2D eigenvalue weighted by Gasteiger charge is -2.30. The van der Waals surface area contributed by atoms with Crippen molar-refractivity contribution < 1.29 is 23.8 Å². The third-order valence-corrected chi connectivity index (χ3v) is 4.55. The standard InChI is InChI=1S/C20H21NO5/c1-24-16-7-5-15(6-8-16)21-19(22)11-14(12-20(21)23)13-4-9-17(25-2)18(10-13)26-3/h4-10,14H,11-12H2,1-3H3. The van der Waals surface area contributed by atoms with Crippen LogP contribution in [0.15, 0.2) is 42.5 Å². The Bertz CT molecular complexity index is 797. The number of carbonyl (C=O) groups is 2. The molecule has 2 aromatic carbocycles. The SMILES string of the molecule is COc1ccc(N2C(=O)CC(c3ccc(OC)c(OC)c3)CC2=O)cc1. The molecule has 136 valence electrons. The predicted octanol–water partition coefficient (Wildman–Crippen LogP) is 3.15. The number of imide groups is 1. The number of ether oxygens (including phenoxy) is 3. The third kappa shape index (κ3) is 3.35. The molecule has 6 heteroatoms. The van der Waals surface area contributed by atoms with Gasteiger partial charge in [-0.1, -0.05) is 6.07 Å². The molecule has 0 bridgehead atoms. The van der Waals surface area contributed by atoms with Crippen molar-refractivity contribution in [2.75, 3.05) is 26.2 Å². The highest BCUT2D eigenvalue weighted by Gasteiger charge is 2.34. The van der Waals surface area contributed by atoms with E-state index in [0.29, 0.717) is 22.9 Å². The average molecular weight is 355 g/mol. The van der Waals surface area contributed by atoms with Crippen molar-refractivity contribution in [3.63, 3.8) is 0 Å². The largest absolute Gasteiger partial charge is 0.497 e. The Morgan fingerprint density at radius 2 is 1.42 bits per heavy atom. The van der Waals surface area contributed by atoms with E-state index in [0.717, 1.165) is 5.56 Å². The first-order valence-corrected chi connectivity index (χ1v) is 8.29. The summed E-state index contributed by atoms with van der Waals surface area (Å²) in [6, 6.07) is 12.4. The molecule has 1 aliphatic rings. The van der Waals surface area contributed by atoms with Crippen molar-refractivity contribution in [3.05, 3.63) is 48.0 Å². The number of hydrogen-bond acceptors (Lipinski definition) is 5. The quantitative estimate of drug-likeness (QED) is 0.771. The van der Waals surface area contributed by atoms with E-state index in [9.17, 15) is 9.59 Å². The molecule has 0 atom stereocenters. The minimum atomic E-state index is -0.216. The Hall–Kier alpha value is -3.02. The summed E-state index contributed by atoms with van der Waals surface area (Å²) in [7, 11) is 4.70. The van der Waals surface area contributed by atoms with Crippen LogP contribution in [0, 0.1) is 0 Å². The third-order valence-electron chi connectivity index (χ3n) is 4.55. The van der Waals surface area contributed by atoms with E-state index >= 15 is 0 Å². The summed E-state index contributed by atoms with van der Waals surface area (Å²) >= 11 is 0. The van der Waals surface area contributed by atoms with Crippen molar-refractivity contribution in [1.82, 2.24) is 0 Å². The lowest BCUT2D eigenvalue weighted by molar-refractivity contribution is -0.129. The predicted molar refractivity (Wildman–Crippen MR) is 97.0 cm³/mol. The molecular weight excluding hydrogens is 334 g/mol. The zero-order chi connectivity index (χ0) is 18.7. The highest BCUT2D eigenvalue weighted by Crippen LogP contribution is 2.36. The molecule has 3 rings (SSSR count). The van der Waals surface area contributed by atoms with Gasteiger partial charge in [0.2, 0.25) is 11.8 Å². The molecular formula is C20H21NO5. The number of nitrogens with zero attached hydrogens (tertiary/aromatic N) is 1. The normalized spacial score (nSPS) is 15.1. The van der Waals surface area contributed by atoms with Gasteiger partial charge in [-0.05, 0) is 42.0 Å². The molecule has 1 saturated heterocycles. The number of methoxy groups -OCH3 is 3. The smallest absolute Gasteiger partial charge is 0.234 e. The number of amides is 2. The highest BCUT2D eigenvalue weighted by atomic mass is 16.5. The van der Waals surface area contributed by atoms with Crippen LogP contribution >= 0.6 is 0 Å². The molecule has 0 aromatic heterocycles. The molecule has 2 amide bonds.